The molecule has 1 saturated carbocycles. The average Bonchev–Trinajstić information content (AvgIpc) is 3.19. The molecular weight excluding hydrogens is 491 g/mol. The molecule has 0 aliphatic heterocycles. The summed E-state index contributed by atoms with van der Waals surface area (Å²) >= 11 is 0. The molecule has 0 aromatic heterocycles. The lowest BCUT2D eigenvalue weighted by Gasteiger charge is -2.27. The maximum atomic E-state index is 12.2. The number of benzene rings is 1. The van der Waals surface area contributed by atoms with Crippen LogP contribution in [0.5, 0.6) is 0 Å². The van der Waals surface area contributed by atoms with Crippen molar-refractivity contribution in [3.8, 4) is 0 Å². The van der Waals surface area contributed by atoms with Crippen LogP contribution in [-0.2, 0) is 11.2 Å². The lowest BCUT2D eigenvalue weighted by molar-refractivity contribution is 0.0827. The lowest BCUT2D eigenvalue weighted by Crippen LogP contribution is -2.39. The second-order valence-corrected chi connectivity index (χ2v) is 8.22. The molecule has 0 saturated heterocycles. The van der Waals surface area contributed by atoms with E-state index in [1.165, 1.54) is 25.7 Å². The predicted octanol–water partition coefficient (Wildman–Crippen LogP) is 3.70. The first-order chi connectivity index (χ1) is 14.0. The maximum Gasteiger partial charge on any atom is 0.253 e. The number of amides is 1. The first kappa shape index (κ1) is 26.7. The van der Waals surface area contributed by atoms with Crippen molar-refractivity contribution in [3.05, 3.63) is 35.4 Å². The molecule has 1 aromatic carbocycles. The van der Waals surface area contributed by atoms with E-state index in [2.05, 4.69) is 23.6 Å². The molecule has 0 bridgehead atoms. The molecular formula is C23H39IN4O2. The molecule has 30 heavy (non-hydrogen) atoms. The summed E-state index contributed by atoms with van der Waals surface area (Å²) in [5.41, 5.74) is 2.17. The van der Waals surface area contributed by atoms with E-state index in [0.717, 1.165) is 56.2 Å². The summed E-state index contributed by atoms with van der Waals surface area (Å²) in [5, 5.41) is 6.81. The van der Waals surface area contributed by atoms with Gasteiger partial charge >= 0.3 is 0 Å². The standard InChI is InChI=1S/C23H38N4O2.HI/c1-5-24-22(26-18-23(14-16-29-4)12-6-7-13-23)25-15-11-19-9-8-10-20(17-19)21(28)27(2)3;/h8-10,17H,5-7,11-16,18H2,1-4H3,(H2,24,25,26);1H. The number of halogens is 1. The fraction of sp³-hybridized carbons (Fsp3) is 0.652. The van der Waals surface area contributed by atoms with Crippen LogP contribution in [0.1, 0.15) is 54.9 Å². The van der Waals surface area contributed by atoms with Crippen LogP contribution in [0.2, 0.25) is 0 Å². The maximum absolute atomic E-state index is 12.2. The van der Waals surface area contributed by atoms with E-state index in [9.17, 15) is 4.79 Å². The number of carbonyl (C=O) groups is 1. The summed E-state index contributed by atoms with van der Waals surface area (Å²) in [6.07, 6.45) is 7.00. The van der Waals surface area contributed by atoms with E-state index in [1.54, 1.807) is 26.1 Å². The van der Waals surface area contributed by atoms with Gasteiger partial charge in [-0.15, -0.1) is 24.0 Å². The summed E-state index contributed by atoms with van der Waals surface area (Å²) in [6.45, 7) is 5.35. The molecule has 2 rings (SSSR count). The molecule has 7 heteroatoms. The molecule has 1 fully saturated rings. The molecule has 0 spiro atoms. The Morgan fingerprint density at radius 1 is 1.23 bits per heavy atom. The fourth-order valence-corrected chi connectivity index (χ4v) is 3.96. The third kappa shape index (κ3) is 8.41. The molecule has 170 valence electrons. The van der Waals surface area contributed by atoms with Gasteiger partial charge in [0.05, 0.1) is 0 Å². The van der Waals surface area contributed by atoms with Crippen molar-refractivity contribution >= 4 is 35.8 Å². The van der Waals surface area contributed by atoms with Gasteiger partial charge in [-0.05, 0) is 55.7 Å². The summed E-state index contributed by atoms with van der Waals surface area (Å²) in [5.74, 6) is 0.907. The van der Waals surface area contributed by atoms with E-state index >= 15 is 0 Å². The van der Waals surface area contributed by atoms with Crippen molar-refractivity contribution in [1.82, 2.24) is 15.5 Å². The van der Waals surface area contributed by atoms with Gasteiger partial charge in [-0.2, -0.15) is 0 Å². The van der Waals surface area contributed by atoms with Gasteiger partial charge in [0.1, 0.15) is 0 Å². The lowest BCUT2D eigenvalue weighted by atomic mass is 9.83. The van der Waals surface area contributed by atoms with Crippen LogP contribution in [-0.4, -0.2) is 64.2 Å². The third-order valence-electron chi connectivity index (χ3n) is 5.70. The van der Waals surface area contributed by atoms with Crippen LogP contribution in [0.15, 0.2) is 29.3 Å². The van der Waals surface area contributed by atoms with Crippen molar-refractivity contribution in [2.24, 2.45) is 10.4 Å². The number of rotatable bonds is 10. The van der Waals surface area contributed by atoms with E-state index in [-0.39, 0.29) is 29.9 Å². The summed E-state index contributed by atoms with van der Waals surface area (Å²) in [7, 11) is 5.33. The Kier molecular flexibility index (Phi) is 12.3. The molecule has 0 atom stereocenters. The van der Waals surface area contributed by atoms with E-state index in [1.807, 2.05) is 18.2 Å². The Morgan fingerprint density at radius 3 is 2.60 bits per heavy atom. The van der Waals surface area contributed by atoms with E-state index in [0.29, 0.717) is 5.41 Å². The van der Waals surface area contributed by atoms with Crippen LogP contribution in [0.3, 0.4) is 0 Å². The zero-order chi connectivity index (χ0) is 21.1. The van der Waals surface area contributed by atoms with Crippen molar-refractivity contribution in [2.45, 2.75) is 45.4 Å². The van der Waals surface area contributed by atoms with Crippen LogP contribution in [0.25, 0.3) is 0 Å². The minimum atomic E-state index is 0. The normalized spacial score (nSPS) is 15.4. The largest absolute Gasteiger partial charge is 0.385 e. The highest BCUT2D eigenvalue weighted by molar-refractivity contribution is 14.0. The van der Waals surface area contributed by atoms with Crippen LogP contribution >= 0.6 is 24.0 Å². The van der Waals surface area contributed by atoms with Crippen molar-refractivity contribution < 1.29 is 9.53 Å². The zero-order valence-electron chi connectivity index (χ0n) is 19.0. The van der Waals surface area contributed by atoms with Crippen molar-refractivity contribution in [2.75, 3.05) is 47.4 Å². The average molecular weight is 530 g/mol. The Bertz CT molecular complexity index is 673. The Balaban J connectivity index is 0.00000450. The highest BCUT2D eigenvalue weighted by atomic mass is 127. The minimum absolute atomic E-state index is 0. The molecule has 0 heterocycles. The number of guanidine groups is 1. The number of hydrogen-bond acceptors (Lipinski definition) is 3. The third-order valence-corrected chi connectivity index (χ3v) is 5.70. The van der Waals surface area contributed by atoms with Gasteiger partial charge < -0.3 is 20.3 Å². The SMILES string of the molecule is CCNC(=NCC1(CCOC)CCCC1)NCCc1cccc(C(=O)N(C)C)c1.I. The van der Waals surface area contributed by atoms with Gasteiger partial charge in [-0.25, -0.2) is 0 Å². The van der Waals surface area contributed by atoms with Gasteiger partial charge in [0, 0.05) is 53.0 Å². The van der Waals surface area contributed by atoms with Crippen molar-refractivity contribution in [3.63, 3.8) is 0 Å². The molecule has 1 aliphatic rings. The predicted molar refractivity (Wildman–Crippen MR) is 135 cm³/mol. The molecule has 0 unspecified atom stereocenters. The zero-order valence-corrected chi connectivity index (χ0v) is 21.3. The van der Waals surface area contributed by atoms with Crippen LogP contribution < -0.4 is 10.6 Å². The number of methoxy groups -OCH3 is 1. The Morgan fingerprint density at radius 2 is 1.97 bits per heavy atom. The van der Waals surface area contributed by atoms with Gasteiger partial charge in [0.2, 0.25) is 0 Å². The summed E-state index contributed by atoms with van der Waals surface area (Å²) in [4.78, 5) is 18.7. The second-order valence-electron chi connectivity index (χ2n) is 8.22. The molecule has 2 N–H and O–H groups in total. The van der Waals surface area contributed by atoms with Crippen LogP contribution in [0.4, 0.5) is 0 Å². The van der Waals surface area contributed by atoms with Gasteiger partial charge in [-0.3, -0.25) is 9.79 Å². The van der Waals surface area contributed by atoms with E-state index in [4.69, 9.17) is 9.73 Å². The molecule has 1 aromatic rings. The van der Waals surface area contributed by atoms with Crippen LogP contribution in [0, 0.1) is 5.41 Å². The topological polar surface area (TPSA) is 66.0 Å². The fourth-order valence-electron chi connectivity index (χ4n) is 3.96. The molecule has 0 radical (unpaired) electrons. The number of nitrogens with zero attached hydrogens (tertiary/aromatic N) is 2. The van der Waals surface area contributed by atoms with Crippen molar-refractivity contribution in [1.29, 1.82) is 0 Å². The van der Waals surface area contributed by atoms with E-state index < -0.39 is 0 Å². The number of nitrogens with one attached hydrogen (secondary N) is 2. The van der Waals surface area contributed by atoms with Gasteiger partial charge in [0.25, 0.3) is 5.91 Å². The molecule has 1 aliphatic carbocycles. The number of hydrogen-bond donors (Lipinski definition) is 2. The molecule has 6 nitrogen and oxygen atoms in total. The second kappa shape index (κ2) is 13.9. The number of carbonyl (C=O) groups excluding carboxylic acids is 1. The first-order valence-electron chi connectivity index (χ1n) is 10.8. The number of aliphatic imine (C=N–C) groups is 1. The molecule has 1 amide bonds. The highest BCUT2D eigenvalue weighted by Gasteiger charge is 2.33. The monoisotopic (exact) mass is 530 g/mol. The minimum Gasteiger partial charge on any atom is -0.385 e. The summed E-state index contributed by atoms with van der Waals surface area (Å²) < 4.78 is 5.33. The Hall–Kier alpha value is -1.35. The highest BCUT2D eigenvalue weighted by Crippen LogP contribution is 2.41. The van der Waals surface area contributed by atoms with Gasteiger partial charge in [-0.1, -0.05) is 25.0 Å². The number of ether oxygens (including phenoxy) is 1. The first-order valence-corrected chi connectivity index (χ1v) is 10.8. The quantitative estimate of drug-likeness (QED) is 0.275. The van der Waals surface area contributed by atoms with Gasteiger partial charge in [0.15, 0.2) is 5.96 Å². The summed E-state index contributed by atoms with van der Waals surface area (Å²) in [6, 6.07) is 7.86. The smallest absolute Gasteiger partial charge is 0.253 e. The Labute approximate surface area is 199 Å².